The van der Waals surface area contributed by atoms with Crippen LogP contribution in [0.25, 0.3) is 11.1 Å². The van der Waals surface area contributed by atoms with Gasteiger partial charge < -0.3 is 15.5 Å². The van der Waals surface area contributed by atoms with Crippen LogP contribution in [0.4, 0.5) is 0 Å². The summed E-state index contributed by atoms with van der Waals surface area (Å²) >= 11 is 0. The van der Waals surface area contributed by atoms with Crippen molar-refractivity contribution in [2.24, 2.45) is 11.7 Å². The quantitative estimate of drug-likeness (QED) is 0.734. The zero-order valence-corrected chi connectivity index (χ0v) is 10.9. The van der Waals surface area contributed by atoms with E-state index < -0.39 is 0 Å². The third-order valence-corrected chi connectivity index (χ3v) is 3.33. The lowest BCUT2D eigenvalue weighted by atomic mass is 10.1. The molecule has 2 aromatic rings. The maximum Gasteiger partial charge on any atom is 0.181 e. The first kappa shape index (κ1) is 13.1. The Labute approximate surface area is 108 Å². The number of oxazole rings is 1. The summed E-state index contributed by atoms with van der Waals surface area (Å²) in [6.45, 7) is 4.90. The van der Waals surface area contributed by atoms with Gasteiger partial charge in [0, 0.05) is 0 Å². The van der Waals surface area contributed by atoms with Crippen LogP contribution in [0, 0.1) is 5.92 Å². The standard InChI is InChI=1S/C14H21N3O/c1-2-11(8-15)9-16-6-5-12-3-4-13-14(7-12)18-10-17-13/h3-4,7,10-11,16H,2,5-6,8-9,15H2,1H3. The molecule has 0 spiro atoms. The molecular formula is C14H21N3O. The maximum atomic E-state index is 5.67. The Hall–Kier alpha value is -1.39. The molecule has 18 heavy (non-hydrogen) atoms. The molecule has 4 heteroatoms. The van der Waals surface area contributed by atoms with Crippen LogP contribution in [0.5, 0.6) is 0 Å². The predicted octanol–water partition coefficient (Wildman–Crippen LogP) is 1.94. The topological polar surface area (TPSA) is 64.1 Å². The number of fused-ring (bicyclic) bond motifs is 1. The minimum atomic E-state index is 0.585. The van der Waals surface area contributed by atoms with Gasteiger partial charge in [0.05, 0.1) is 0 Å². The fourth-order valence-corrected chi connectivity index (χ4v) is 1.99. The van der Waals surface area contributed by atoms with E-state index in [0.717, 1.165) is 43.6 Å². The lowest BCUT2D eigenvalue weighted by Crippen LogP contribution is -2.29. The summed E-state index contributed by atoms with van der Waals surface area (Å²) in [7, 11) is 0. The van der Waals surface area contributed by atoms with E-state index in [4.69, 9.17) is 10.2 Å². The first-order valence-electron chi connectivity index (χ1n) is 6.56. The number of nitrogens with one attached hydrogen (secondary N) is 1. The number of hydrogen-bond acceptors (Lipinski definition) is 4. The zero-order chi connectivity index (χ0) is 12.8. The highest BCUT2D eigenvalue weighted by Crippen LogP contribution is 2.14. The number of aromatic nitrogens is 1. The molecule has 1 heterocycles. The Morgan fingerprint density at radius 3 is 3.11 bits per heavy atom. The van der Waals surface area contributed by atoms with Crippen molar-refractivity contribution in [3.8, 4) is 0 Å². The molecule has 1 aromatic heterocycles. The van der Waals surface area contributed by atoms with Gasteiger partial charge in [-0.2, -0.15) is 0 Å². The molecule has 1 aromatic carbocycles. The maximum absolute atomic E-state index is 5.67. The smallest absolute Gasteiger partial charge is 0.181 e. The SMILES string of the molecule is CCC(CN)CNCCc1ccc2ncoc2c1. The molecule has 0 aliphatic carbocycles. The molecule has 98 valence electrons. The van der Waals surface area contributed by atoms with Crippen molar-refractivity contribution in [1.29, 1.82) is 0 Å². The molecule has 0 saturated carbocycles. The third-order valence-electron chi connectivity index (χ3n) is 3.33. The molecule has 0 aliphatic rings. The van der Waals surface area contributed by atoms with Gasteiger partial charge in [-0.15, -0.1) is 0 Å². The second kappa shape index (κ2) is 6.52. The lowest BCUT2D eigenvalue weighted by Gasteiger charge is -2.12. The van der Waals surface area contributed by atoms with E-state index in [9.17, 15) is 0 Å². The van der Waals surface area contributed by atoms with Gasteiger partial charge in [0.2, 0.25) is 0 Å². The van der Waals surface area contributed by atoms with Crippen LogP contribution in [-0.4, -0.2) is 24.6 Å². The molecular weight excluding hydrogens is 226 g/mol. The van der Waals surface area contributed by atoms with Crippen LogP contribution < -0.4 is 11.1 Å². The first-order valence-corrected chi connectivity index (χ1v) is 6.56. The minimum absolute atomic E-state index is 0.585. The van der Waals surface area contributed by atoms with Crippen LogP contribution in [0.1, 0.15) is 18.9 Å². The Balaban J connectivity index is 1.79. The molecule has 0 saturated heterocycles. The Morgan fingerprint density at radius 2 is 2.33 bits per heavy atom. The van der Waals surface area contributed by atoms with Gasteiger partial charge in [-0.1, -0.05) is 19.4 Å². The van der Waals surface area contributed by atoms with E-state index >= 15 is 0 Å². The van der Waals surface area contributed by atoms with Crippen molar-refractivity contribution >= 4 is 11.1 Å². The van der Waals surface area contributed by atoms with Crippen molar-refractivity contribution in [2.45, 2.75) is 19.8 Å². The highest BCUT2D eigenvalue weighted by Gasteiger charge is 2.03. The Bertz CT molecular complexity index is 477. The molecule has 0 bridgehead atoms. The molecule has 1 unspecified atom stereocenters. The van der Waals surface area contributed by atoms with Crippen molar-refractivity contribution in [2.75, 3.05) is 19.6 Å². The Morgan fingerprint density at radius 1 is 1.44 bits per heavy atom. The second-order valence-corrected chi connectivity index (χ2v) is 4.62. The van der Waals surface area contributed by atoms with Crippen molar-refractivity contribution in [1.82, 2.24) is 10.3 Å². The van der Waals surface area contributed by atoms with E-state index in [-0.39, 0.29) is 0 Å². The molecule has 3 N–H and O–H groups in total. The van der Waals surface area contributed by atoms with E-state index in [2.05, 4.69) is 29.4 Å². The van der Waals surface area contributed by atoms with Gasteiger partial charge in [-0.25, -0.2) is 4.98 Å². The number of rotatable bonds is 7. The fourth-order valence-electron chi connectivity index (χ4n) is 1.99. The molecule has 0 aliphatic heterocycles. The van der Waals surface area contributed by atoms with E-state index in [0.29, 0.717) is 5.92 Å². The van der Waals surface area contributed by atoms with Crippen LogP contribution in [0.15, 0.2) is 29.0 Å². The monoisotopic (exact) mass is 247 g/mol. The average molecular weight is 247 g/mol. The van der Waals surface area contributed by atoms with Crippen molar-refractivity contribution in [3.63, 3.8) is 0 Å². The van der Waals surface area contributed by atoms with Gasteiger partial charge in [-0.05, 0) is 49.7 Å². The van der Waals surface area contributed by atoms with E-state index in [1.807, 2.05) is 6.07 Å². The predicted molar refractivity (Wildman–Crippen MR) is 73.4 cm³/mol. The average Bonchev–Trinajstić information content (AvgIpc) is 2.86. The molecule has 0 fully saturated rings. The fraction of sp³-hybridized carbons (Fsp3) is 0.500. The molecule has 1 atom stereocenters. The zero-order valence-electron chi connectivity index (χ0n) is 10.9. The number of benzene rings is 1. The number of nitrogens with two attached hydrogens (primary N) is 1. The highest BCUT2D eigenvalue weighted by molar-refractivity contribution is 5.72. The number of nitrogens with zero attached hydrogens (tertiary/aromatic N) is 1. The summed E-state index contributed by atoms with van der Waals surface area (Å²) in [5.41, 5.74) is 8.72. The van der Waals surface area contributed by atoms with E-state index in [1.165, 1.54) is 12.0 Å². The van der Waals surface area contributed by atoms with Crippen LogP contribution in [-0.2, 0) is 6.42 Å². The second-order valence-electron chi connectivity index (χ2n) is 4.62. The largest absolute Gasteiger partial charge is 0.443 e. The van der Waals surface area contributed by atoms with Crippen LogP contribution >= 0.6 is 0 Å². The summed E-state index contributed by atoms with van der Waals surface area (Å²) in [4.78, 5) is 4.11. The van der Waals surface area contributed by atoms with Gasteiger partial charge >= 0.3 is 0 Å². The van der Waals surface area contributed by atoms with Gasteiger partial charge in [0.15, 0.2) is 12.0 Å². The first-order chi connectivity index (χ1) is 8.83. The number of hydrogen-bond donors (Lipinski definition) is 2. The normalized spacial score (nSPS) is 13.0. The summed E-state index contributed by atoms with van der Waals surface area (Å²) in [6, 6.07) is 6.17. The van der Waals surface area contributed by atoms with Crippen LogP contribution in [0.2, 0.25) is 0 Å². The van der Waals surface area contributed by atoms with Gasteiger partial charge in [0.1, 0.15) is 5.52 Å². The molecule has 0 amide bonds. The molecule has 4 nitrogen and oxygen atoms in total. The summed E-state index contributed by atoms with van der Waals surface area (Å²) in [6.07, 6.45) is 3.62. The summed E-state index contributed by atoms with van der Waals surface area (Å²) < 4.78 is 5.29. The minimum Gasteiger partial charge on any atom is -0.443 e. The van der Waals surface area contributed by atoms with Gasteiger partial charge in [0.25, 0.3) is 0 Å². The summed E-state index contributed by atoms with van der Waals surface area (Å²) in [5.74, 6) is 0.585. The third kappa shape index (κ3) is 3.31. The lowest BCUT2D eigenvalue weighted by molar-refractivity contribution is 0.473. The van der Waals surface area contributed by atoms with Gasteiger partial charge in [-0.3, -0.25) is 0 Å². The summed E-state index contributed by atoms with van der Waals surface area (Å²) in [5, 5.41) is 3.45. The molecule has 2 rings (SSSR count). The van der Waals surface area contributed by atoms with E-state index in [1.54, 1.807) is 0 Å². The Kier molecular flexibility index (Phi) is 4.73. The highest BCUT2D eigenvalue weighted by atomic mass is 16.3. The van der Waals surface area contributed by atoms with Crippen LogP contribution in [0.3, 0.4) is 0 Å². The van der Waals surface area contributed by atoms with Crippen molar-refractivity contribution in [3.05, 3.63) is 30.2 Å². The van der Waals surface area contributed by atoms with Crippen molar-refractivity contribution < 1.29 is 4.42 Å². The molecule has 0 radical (unpaired) electrons.